The molecule has 0 saturated carbocycles. The van der Waals surface area contributed by atoms with Crippen LogP contribution in [-0.4, -0.2) is 11.9 Å². The molecule has 88 valence electrons. The van der Waals surface area contributed by atoms with Gasteiger partial charge in [0.2, 0.25) is 0 Å². The molecule has 16 heavy (non-hydrogen) atoms. The number of fused-ring (bicyclic) bond motifs is 1. The minimum atomic E-state index is -0.00719. The van der Waals surface area contributed by atoms with E-state index in [4.69, 9.17) is 4.74 Å². The van der Waals surface area contributed by atoms with Crippen molar-refractivity contribution >= 4 is 11.8 Å². The van der Waals surface area contributed by atoms with Crippen LogP contribution in [0.25, 0.3) is 0 Å². The number of hydrogen-bond donors (Lipinski definition) is 0. The number of hydrogen-bond acceptors (Lipinski definition) is 2. The molecular weight excluding hydrogens is 216 g/mol. The molecule has 2 rings (SSSR count). The Morgan fingerprint density at radius 1 is 1.31 bits per heavy atom. The zero-order valence-electron chi connectivity index (χ0n) is 10.8. The van der Waals surface area contributed by atoms with Crippen molar-refractivity contribution in [3.8, 4) is 5.75 Å². The Hall–Kier alpha value is -0.630. The number of aryl methyl sites for hydroxylation is 1. The van der Waals surface area contributed by atoms with Crippen LogP contribution < -0.4 is 4.74 Å². The first-order chi connectivity index (χ1) is 7.44. The molecule has 0 atom stereocenters. The summed E-state index contributed by atoms with van der Waals surface area (Å²) in [6, 6.07) is 2.20. The van der Waals surface area contributed by atoms with Crippen LogP contribution in [0.4, 0.5) is 0 Å². The molecule has 0 spiro atoms. The zero-order valence-corrected chi connectivity index (χ0v) is 11.6. The first kappa shape index (κ1) is 11.8. The average Bonchev–Trinajstić information content (AvgIpc) is 2.16. The summed E-state index contributed by atoms with van der Waals surface area (Å²) in [7, 11) is 0. The Balaban J connectivity index is 2.53. The standard InChI is InChI=1S/C14H20OS/c1-9-8-12-11(10(2)13(9)16-5)6-7-14(3,4)15-12/h8H,6-7H2,1-5H3. The molecule has 0 fully saturated rings. The number of ether oxygens (including phenoxy) is 1. The van der Waals surface area contributed by atoms with Gasteiger partial charge in [0.25, 0.3) is 0 Å². The summed E-state index contributed by atoms with van der Waals surface area (Å²) in [5.41, 5.74) is 4.15. The van der Waals surface area contributed by atoms with E-state index in [1.54, 1.807) is 0 Å². The van der Waals surface area contributed by atoms with Crippen LogP contribution in [0.2, 0.25) is 0 Å². The van der Waals surface area contributed by atoms with Crippen molar-refractivity contribution in [3.05, 3.63) is 22.8 Å². The van der Waals surface area contributed by atoms with Crippen molar-refractivity contribution in [2.75, 3.05) is 6.26 Å². The van der Waals surface area contributed by atoms with Gasteiger partial charge in [0, 0.05) is 4.90 Å². The van der Waals surface area contributed by atoms with Crippen molar-refractivity contribution in [2.45, 2.75) is 51.0 Å². The first-order valence-corrected chi connectivity index (χ1v) is 7.03. The lowest BCUT2D eigenvalue weighted by atomic mass is 9.91. The predicted molar refractivity (Wildman–Crippen MR) is 70.7 cm³/mol. The molecule has 1 nitrogen and oxygen atoms in total. The smallest absolute Gasteiger partial charge is 0.123 e. The van der Waals surface area contributed by atoms with Crippen molar-refractivity contribution in [1.29, 1.82) is 0 Å². The summed E-state index contributed by atoms with van der Waals surface area (Å²) >= 11 is 1.84. The number of benzene rings is 1. The van der Waals surface area contributed by atoms with E-state index < -0.39 is 0 Å². The van der Waals surface area contributed by atoms with Gasteiger partial charge in [-0.2, -0.15) is 0 Å². The largest absolute Gasteiger partial charge is 0.488 e. The second kappa shape index (κ2) is 3.99. The fourth-order valence-electron chi connectivity index (χ4n) is 2.46. The summed E-state index contributed by atoms with van der Waals surface area (Å²) in [5.74, 6) is 1.10. The fraction of sp³-hybridized carbons (Fsp3) is 0.571. The SMILES string of the molecule is CSc1c(C)cc2c(c1C)CCC(C)(C)O2. The third-order valence-corrected chi connectivity index (χ3v) is 4.40. The van der Waals surface area contributed by atoms with E-state index in [9.17, 15) is 0 Å². The molecule has 1 heterocycles. The molecule has 1 aromatic carbocycles. The van der Waals surface area contributed by atoms with Gasteiger partial charge in [-0.3, -0.25) is 0 Å². The molecule has 2 heteroatoms. The van der Waals surface area contributed by atoms with Gasteiger partial charge in [0.05, 0.1) is 0 Å². The highest BCUT2D eigenvalue weighted by molar-refractivity contribution is 7.98. The minimum Gasteiger partial charge on any atom is -0.488 e. The van der Waals surface area contributed by atoms with E-state index in [1.807, 2.05) is 11.8 Å². The highest BCUT2D eigenvalue weighted by Gasteiger charge is 2.28. The highest BCUT2D eigenvalue weighted by atomic mass is 32.2. The van der Waals surface area contributed by atoms with E-state index >= 15 is 0 Å². The topological polar surface area (TPSA) is 9.23 Å². The third-order valence-electron chi connectivity index (χ3n) is 3.36. The molecule has 1 aromatic rings. The van der Waals surface area contributed by atoms with Crippen LogP contribution in [0.15, 0.2) is 11.0 Å². The van der Waals surface area contributed by atoms with Crippen LogP contribution in [-0.2, 0) is 6.42 Å². The Morgan fingerprint density at radius 3 is 2.62 bits per heavy atom. The zero-order chi connectivity index (χ0) is 11.9. The van der Waals surface area contributed by atoms with Gasteiger partial charge in [-0.1, -0.05) is 0 Å². The minimum absolute atomic E-state index is 0.00719. The van der Waals surface area contributed by atoms with Crippen molar-refractivity contribution in [2.24, 2.45) is 0 Å². The molecule has 0 unspecified atom stereocenters. The molecule has 0 radical (unpaired) electrons. The van der Waals surface area contributed by atoms with E-state index in [1.165, 1.54) is 21.6 Å². The number of thioether (sulfide) groups is 1. The van der Waals surface area contributed by atoms with Gasteiger partial charge >= 0.3 is 0 Å². The summed E-state index contributed by atoms with van der Waals surface area (Å²) in [6.07, 6.45) is 4.40. The first-order valence-electron chi connectivity index (χ1n) is 5.81. The second-order valence-corrected chi connectivity index (χ2v) is 6.01. The quantitative estimate of drug-likeness (QED) is 0.678. The molecule has 1 aliphatic heterocycles. The van der Waals surface area contributed by atoms with Crippen molar-refractivity contribution in [1.82, 2.24) is 0 Å². The van der Waals surface area contributed by atoms with Gasteiger partial charge in [-0.25, -0.2) is 0 Å². The van der Waals surface area contributed by atoms with Crippen LogP contribution in [0.3, 0.4) is 0 Å². The maximum absolute atomic E-state index is 6.07. The third kappa shape index (κ3) is 1.95. The molecule has 0 bridgehead atoms. The summed E-state index contributed by atoms with van der Waals surface area (Å²) < 4.78 is 6.07. The average molecular weight is 236 g/mol. The van der Waals surface area contributed by atoms with Crippen molar-refractivity contribution in [3.63, 3.8) is 0 Å². The lowest BCUT2D eigenvalue weighted by molar-refractivity contribution is 0.0842. The molecule has 1 aliphatic rings. The summed E-state index contributed by atoms with van der Waals surface area (Å²) in [4.78, 5) is 1.42. The van der Waals surface area contributed by atoms with Gasteiger partial charge in [-0.05, 0) is 69.5 Å². The molecule has 0 N–H and O–H groups in total. The van der Waals surface area contributed by atoms with E-state index in [2.05, 4.69) is 40.0 Å². The Kier molecular flexibility index (Phi) is 2.95. The Morgan fingerprint density at radius 2 is 2.00 bits per heavy atom. The van der Waals surface area contributed by atoms with Crippen molar-refractivity contribution < 1.29 is 4.74 Å². The van der Waals surface area contributed by atoms with E-state index in [0.717, 1.165) is 18.6 Å². The monoisotopic (exact) mass is 236 g/mol. The fourth-order valence-corrected chi connectivity index (χ4v) is 3.27. The van der Waals surface area contributed by atoms with Crippen LogP contribution in [0.5, 0.6) is 5.75 Å². The molecular formula is C14H20OS. The normalized spacial score (nSPS) is 17.8. The maximum Gasteiger partial charge on any atom is 0.123 e. The molecule has 0 amide bonds. The van der Waals surface area contributed by atoms with Gasteiger partial charge in [0.1, 0.15) is 11.4 Å². The van der Waals surface area contributed by atoms with Crippen LogP contribution in [0, 0.1) is 13.8 Å². The summed E-state index contributed by atoms with van der Waals surface area (Å²) in [6.45, 7) is 8.73. The second-order valence-electron chi connectivity index (χ2n) is 5.19. The Labute approximate surface area is 103 Å². The summed E-state index contributed by atoms with van der Waals surface area (Å²) in [5, 5.41) is 0. The maximum atomic E-state index is 6.07. The van der Waals surface area contributed by atoms with Gasteiger partial charge in [0.15, 0.2) is 0 Å². The van der Waals surface area contributed by atoms with E-state index in [0.29, 0.717) is 0 Å². The van der Waals surface area contributed by atoms with Gasteiger partial charge < -0.3 is 4.74 Å². The molecule has 0 aliphatic carbocycles. The predicted octanol–water partition coefficient (Wildman–Crippen LogP) is 4.13. The number of rotatable bonds is 1. The lowest BCUT2D eigenvalue weighted by Crippen LogP contribution is -2.33. The van der Waals surface area contributed by atoms with E-state index in [-0.39, 0.29) is 5.60 Å². The lowest BCUT2D eigenvalue weighted by Gasteiger charge is -2.34. The van der Waals surface area contributed by atoms with Crippen LogP contribution in [0.1, 0.15) is 37.0 Å². The molecule has 0 aromatic heterocycles. The highest BCUT2D eigenvalue weighted by Crippen LogP contribution is 2.39. The Bertz CT molecular complexity index is 421. The van der Waals surface area contributed by atoms with Crippen LogP contribution >= 0.6 is 11.8 Å². The van der Waals surface area contributed by atoms with Gasteiger partial charge in [-0.15, -0.1) is 11.8 Å². The molecule has 0 saturated heterocycles.